The molecule has 3 heteroatoms. The number of hydrogen-bond donors (Lipinski definition) is 1. The average molecular weight is 256 g/mol. The molecule has 0 aliphatic carbocycles. The third-order valence-electron chi connectivity index (χ3n) is 2.98. The average Bonchev–Trinajstić information content (AvgIpc) is 2.28. The molecule has 96 valence electrons. The zero-order valence-corrected chi connectivity index (χ0v) is 11.8. The zero-order chi connectivity index (χ0) is 13.0. The van der Waals surface area contributed by atoms with Crippen molar-refractivity contribution in [1.82, 2.24) is 0 Å². The predicted octanol–water partition coefficient (Wildman–Crippen LogP) is 3.75. The standard InChI is InChI=1S/C14H22ClNO/c1-5-11(16)6-10-7-12(9(2)3)14(17-4)13(15)8-10/h7-9,11H,5-6,16H2,1-4H3. The summed E-state index contributed by atoms with van der Waals surface area (Å²) in [7, 11) is 1.66. The van der Waals surface area contributed by atoms with Crippen molar-refractivity contribution in [2.75, 3.05) is 7.11 Å². The van der Waals surface area contributed by atoms with E-state index in [1.807, 2.05) is 6.07 Å². The van der Waals surface area contributed by atoms with Crippen LogP contribution in [0.1, 0.15) is 44.2 Å². The highest BCUT2D eigenvalue weighted by Gasteiger charge is 2.14. The van der Waals surface area contributed by atoms with Crippen LogP contribution in [-0.2, 0) is 6.42 Å². The molecule has 0 bridgehead atoms. The van der Waals surface area contributed by atoms with Crippen LogP contribution in [0.25, 0.3) is 0 Å². The molecule has 0 saturated heterocycles. The molecule has 1 aromatic rings. The first-order valence-electron chi connectivity index (χ1n) is 6.11. The van der Waals surface area contributed by atoms with E-state index in [1.54, 1.807) is 7.11 Å². The Labute approximate surface area is 109 Å². The van der Waals surface area contributed by atoms with E-state index in [0.29, 0.717) is 10.9 Å². The zero-order valence-electron chi connectivity index (χ0n) is 11.1. The van der Waals surface area contributed by atoms with Gasteiger partial charge in [0.2, 0.25) is 0 Å². The third kappa shape index (κ3) is 3.62. The van der Waals surface area contributed by atoms with Crippen molar-refractivity contribution in [3.63, 3.8) is 0 Å². The second-order valence-corrected chi connectivity index (χ2v) is 5.13. The molecule has 2 N–H and O–H groups in total. The van der Waals surface area contributed by atoms with Gasteiger partial charge in [0.05, 0.1) is 12.1 Å². The smallest absolute Gasteiger partial charge is 0.140 e. The van der Waals surface area contributed by atoms with Gasteiger partial charge in [-0.05, 0) is 36.0 Å². The molecule has 0 aliphatic heterocycles. The first-order valence-corrected chi connectivity index (χ1v) is 6.49. The minimum Gasteiger partial charge on any atom is -0.495 e. The van der Waals surface area contributed by atoms with E-state index in [4.69, 9.17) is 22.1 Å². The number of hydrogen-bond acceptors (Lipinski definition) is 2. The fraction of sp³-hybridized carbons (Fsp3) is 0.571. The highest BCUT2D eigenvalue weighted by molar-refractivity contribution is 6.32. The van der Waals surface area contributed by atoms with Crippen LogP contribution in [0.4, 0.5) is 0 Å². The lowest BCUT2D eigenvalue weighted by atomic mass is 9.96. The monoisotopic (exact) mass is 255 g/mol. The van der Waals surface area contributed by atoms with Gasteiger partial charge in [-0.3, -0.25) is 0 Å². The molecular weight excluding hydrogens is 234 g/mol. The summed E-state index contributed by atoms with van der Waals surface area (Å²) in [6.07, 6.45) is 1.83. The molecule has 1 unspecified atom stereocenters. The van der Waals surface area contributed by atoms with Crippen LogP contribution in [0.5, 0.6) is 5.75 Å². The van der Waals surface area contributed by atoms with Crippen LogP contribution >= 0.6 is 11.6 Å². The van der Waals surface area contributed by atoms with Crippen LogP contribution in [0, 0.1) is 0 Å². The first-order chi connectivity index (χ1) is 7.99. The number of methoxy groups -OCH3 is 1. The summed E-state index contributed by atoms with van der Waals surface area (Å²) in [5, 5.41) is 0.678. The maximum atomic E-state index is 6.24. The van der Waals surface area contributed by atoms with Gasteiger partial charge < -0.3 is 10.5 Å². The summed E-state index contributed by atoms with van der Waals surface area (Å²) in [6.45, 7) is 6.37. The minimum atomic E-state index is 0.194. The van der Waals surface area contributed by atoms with Gasteiger partial charge in [-0.15, -0.1) is 0 Å². The molecule has 0 aromatic heterocycles. The maximum Gasteiger partial charge on any atom is 0.140 e. The fourth-order valence-electron chi connectivity index (χ4n) is 1.88. The van der Waals surface area contributed by atoms with Crippen molar-refractivity contribution in [3.8, 4) is 5.75 Å². The Balaban J connectivity index is 3.10. The number of nitrogens with two attached hydrogens (primary N) is 1. The van der Waals surface area contributed by atoms with Gasteiger partial charge in [-0.1, -0.05) is 38.4 Å². The van der Waals surface area contributed by atoms with E-state index in [2.05, 4.69) is 26.8 Å². The van der Waals surface area contributed by atoms with Gasteiger partial charge in [-0.2, -0.15) is 0 Å². The highest BCUT2D eigenvalue weighted by atomic mass is 35.5. The van der Waals surface area contributed by atoms with Crippen LogP contribution < -0.4 is 10.5 Å². The van der Waals surface area contributed by atoms with Gasteiger partial charge in [0.15, 0.2) is 0 Å². The van der Waals surface area contributed by atoms with Crippen LogP contribution in [0.3, 0.4) is 0 Å². The van der Waals surface area contributed by atoms with Gasteiger partial charge in [0, 0.05) is 6.04 Å². The molecule has 1 aromatic carbocycles. The van der Waals surface area contributed by atoms with E-state index >= 15 is 0 Å². The van der Waals surface area contributed by atoms with Gasteiger partial charge >= 0.3 is 0 Å². The lowest BCUT2D eigenvalue weighted by Crippen LogP contribution is -2.21. The summed E-state index contributed by atoms with van der Waals surface area (Å²) in [6, 6.07) is 4.31. The van der Waals surface area contributed by atoms with E-state index in [-0.39, 0.29) is 6.04 Å². The van der Waals surface area contributed by atoms with Crippen molar-refractivity contribution >= 4 is 11.6 Å². The molecule has 1 atom stereocenters. The summed E-state index contributed by atoms with van der Waals surface area (Å²) in [4.78, 5) is 0. The van der Waals surface area contributed by atoms with Crippen LogP contribution in [-0.4, -0.2) is 13.2 Å². The lowest BCUT2D eigenvalue weighted by Gasteiger charge is -2.17. The molecule has 2 nitrogen and oxygen atoms in total. The third-order valence-corrected chi connectivity index (χ3v) is 3.26. The van der Waals surface area contributed by atoms with Crippen LogP contribution in [0.15, 0.2) is 12.1 Å². The van der Waals surface area contributed by atoms with Crippen molar-refractivity contribution < 1.29 is 4.74 Å². The predicted molar refractivity (Wildman–Crippen MR) is 74.1 cm³/mol. The Bertz CT molecular complexity index is 377. The SMILES string of the molecule is CCC(N)Cc1cc(Cl)c(OC)c(C(C)C)c1. The molecule has 0 saturated carbocycles. The lowest BCUT2D eigenvalue weighted by molar-refractivity contribution is 0.407. The largest absolute Gasteiger partial charge is 0.495 e. The summed E-state index contributed by atoms with van der Waals surface area (Å²) >= 11 is 6.24. The maximum absolute atomic E-state index is 6.24. The van der Waals surface area contributed by atoms with Gasteiger partial charge in [-0.25, -0.2) is 0 Å². The Kier molecular flexibility index (Phi) is 5.29. The Morgan fingerprint density at radius 3 is 2.47 bits per heavy atom. The van der Waals surface area contributed by atoms with Crippen molar-refractivity contribution in [2.24, 2.45) is 5.73 Å². The molecule has 0 amide bonds. The second kappa shape index (κ2) is 6.27. The molecular formula is C14H22ClNO. The van der Waals surface area contributed by atoms with Crippen LogP contribution in [0.2, 0.25) is 5.02 Å². The van der Waals surface area contributed by atoms with E-state index in [1.165, 1.54) is 5.56 Å². The molecule has 0 spiro atoms. The molecule has 1 rings (SSSR count). The van der Waals surface area contributed by atoms with Crippen molar-refractivity contribution in [2.45, 2.75) is 45.6 Å². The number of ether oxygens (including phenoxy) is 1. The first kappa shape index (κ1) is 14.3. The topological polar surface area (TPSA) is 35.2 Å². The van der Waals surface area contributed by atoms with E-state index in [0.717, 1.165) is 24.2 Å². The number of halogens is 1. The number of benzene rings is 1. The molecule has 17 heavy (non-hydrogen) atoms. The molecule has 0 heterocycles. The molecule has 0 fully saturated rings. The fourth-order valence-corrected chi connectivity index (χ4v) is 2.21. The van der Waals surface area contributed by atoms with Gasteiger partial charge in [0.25, 0.3) is 0 Å². The van der Waals surface area contributed by atoms with E-state index < -0.39 is 0 Å². The molecule has 0 aliphatic rings. The van der Waals surface area contributed by atoms with Gasteiger partial charge in [0.1, 0.15) is 5.75 Å². The quantitative estimate of drug-likeness (QED) is 0.870. The molecule has 0 radical (unpaired) electrons. The highest BCUT2D eigenvalue weighted by Crippen LogP contribution is 2.35. The van der Waals surface area contributed by atoms with E-state index in [9.17, 15) is 0 Å². The Morgan fingerprint density at radius 1 is 1.35 bits per heavy atom. The normalized spacial score (nSPS) is 12.9. The minimum absolute atomic E-state index is 0.194. The Hall–Kier alpha value is -0.730. The summed E-state index contributed by atoms with van der Waals surface area (Å²) in [5.74, 6) is 1.18. The van der Waals surface area contributed by atoms with Crippen molar-refractivity contribution in [3.05, 3.63) is 28.3 Å². The second-order valence-electron chi connectivity index (χ2n) is 4.73. The Morgan fingerprint density at radius 2 is 2.00 bits per heavy atom. The summed E-state index contributed by atoms with van der Waals surface area (Å²) < 4.78 is 5.36. The van der Waals surface area contributed by atoms with Crippen molar-refractivity contribution in [1.29, 1.82) is 0 Å². The summed E-state index contributed by atoms with van der Waals surface area (Å²) in [5.41, 5.74) is 8.32. The number of rotatable bonds is 5.